The highest BCUT2D eigenvalue weighted by Gasteiger charge is 2.43. The fourth-order valence-corrected chi connectivity index (χ4v) is 8.83. The lowest BCUT2D eigenvalue weighted by atomic mass is 9.88. The van der Waals surface area contributed by atoms with E-state index in [-0.39, 0.29) is 79.2 Å². The van der Waals surface area contributed by atoms with Crippen molar-refractivity contribution in [3.8, 4) is 0 Å². The van der Waals surface area contributed by atoms with E-state index in [2.05, 4.69) is 21.3 Å². The maximum absolute atomic E-state index is 14.2. The first-order chi connectivity index (χ1) is 29.1. The first-order valence-electron chi connectivity index (χ1n) is 22.0. The van der Waals surface area contributed by atoms with Gasteiger partial charge in [-0.15, -0.1) is 0 Å². The van der Waals surface area contributed by atoms with Crippen LogP contribution in [0.3, 0.4) is 0 Å². The zero-order chi connectivity index (χ0) is 45.0. The minimum Gasteiger partial charge on any atom is -0.379 e. The molecule has 0 radical (unpaired) electrons. The number of carbonyl (C=O) groups is 5. The Kier molecular flexibility index (Phi) is 18.9. The fourth-order valence-electron chi connectivity index (χ4n) is 8.83. The molecular weight excluding hydrogens is 777 g/mol. The van der Waals surface area contributed by atoms with Crippen LogP contribution in [0.15, 0.2) is 54.6 Å². The number of amides is 4. The van der Waals surface area contributed by atoms with Gasteiger partial charge in [0.25, 0.3) is 5.91 Å². The second-order valence-corrected chi connectivity index (χ2v) is 17.6. The third-order valence-corrected chi connectivity index (χ3v) is 12.7. The van der Waals surface area contributed by atoms with Crippen LogP contribution in [0.2, 0.25) is 0 Å². The van der Waals surface area contributed by atoms with Crippen molar-refractivity contribution in [2.45, 2.75) is 142 Å². The molecule has 14 heteroatoms. The first-order valence-corrected chi connectivity index (χ1v) is 22.0. The zero-order valence-corrected chi connectivity index (χ0v) is 38.2. The molecule has 4 N–H and O–H groups in total. The normalized spacial score (nSPS) is 20.4. The van der Waals surface area contributed by atoms with Crippen LogP contribution in [-0.4, -0.2) is 116 Å². The van der Waals surface area contributed by atoms with Crippen molar-refractivity contribution in [2.75, 3.05) is 28.3 Å². The zero-order valence-electron chi connectivity index (χ0n) is 38.2. The molecule has 1 fully saturated rings. The summed E-state index contributed by atoms with van der Waals surface area (Å²) in [6.07, 6.45) is 0.979. The van der Waals surface area contributed by atoms with Crippen LogP contribution in [0.1, 0.15) is 90.8 Å². The highest BCUT2D eigenvalue weighted by atomic mass is 16.7. The number of nitrogens with one attached hydrogen (secondary N) is 4. The van der Waals surface area contributed by atoms with E-state index < -0.39 is 48.3 Å². The van der Waals surface area contributed by atoms with E-state index in [0.29, 0.717) is 12.8 Å². The van der Waals surface area contributed by atoms with Crippen LogP contribution in [-0.2, 0) is 57.9 Å². The smallest absolute Gasteiger partial charge is 0.269 e. The molecule has 2 aliphatic rings. The molecular formula is C47H72N6O8. The summed E-state index contributed by atoms with van der Waals surface area (Å²) in [5, 5.41) is 13.9. The highest BCUT2D eigenvalue weighted by molar-refractivity contribution is 5.91. The number of carbonyl (C=O) groups excluding carboxylic acids is 5. The molecule has 0 spiro atoms. The highest BCUT2D eigenvalue weighted by Crippen LogP contribution is 2.28. The van der Waals surface area contributed by atoms with Gasteiger partial charge in [0.2, 0.25) is 17.7 Å². The molecule has 1 saturated heterocycles. The number of benzene rings is 2. The molecule has 2 aliphatic heterocycles. The summed E-state index contributed by atoms with van der Waals surface area (Å²) >= 11 is 0. The van der Waals surface area contributed by atoms with Crippen molar-refractivity contribution >= 4 is 29.4 Å². The summed E-state index contributed by atoms with van der Waals surface area (Å²) in [5.74, 6) is -2.08. The Morgan fingerprint density at radius 3 is 2.08 bits per heavy atom. The quantitative estimate of drug-likeness (QED) is 0.135. The average Bonchev–Trinajstić information content (AvgIpc) is 3.74. The molecule has 10 atom stereocenters. The number of hydrogen-bond donors (Lipinski definition) is 4. The monoisotopic (exact) mass is 849 g/mol. The number of Topliss-reactive ketones (excluding diaryl/α,β-unsaturated/α-hetero) is 1. The Balaban J connectivity index is 1.43. The van der Waals surface area contributed by atoms with Gasteiger partial charge < -0.3 is 35.6 Å². The molecule has 1 unspecified atom stereocenters. The third kappa shape index (κ3) is 12.7. The van der Waals surface area contributed by atoms with E-state index in [1.54, 1.807) is 40.1 Å². The molecule has 0 aromatic heterocycles. The van der Waals surface area contributed by atoms with Crippen LogP contribution >= 0.6 is 0 Å². The van der Waals surface area contributed by atoms with E-state index >= 15 is 0 Å². The Labute approximate surface area is 363 Å². The number of rotatable bonds is 22. The standard InChI is InChI=1S/C47H72N6O8/c1-12-30(6)42(52(9)47(58)41(29(4)5)51-45(56)40(48-8)28(2)3)39(59-10)25-38(54)35-22-23-36(49-35)43(60-11)31(7)44(55)50-37(24-32-18-14-13-15-19-32)46(57)53-26-33-20-16-17-21-34(33)27-61-53/h13-21,28-31,35-37,39-43,48-49H,12,22-27H2,1-11H3,(H,50,55)(H,51,56)/t30-,31+,35?,36-,37-,39+,40-,41-,42-,43+/m0/s1. The Bertz CT molecular complexity index is 1760. The van der Waals surface area contributed by atoms with Gasteiger partial charge in [-0.05, 0) is 54.3 Å². The van der Waals surface area contributed by atoms with Crippen molar-refractivity contribution < 1.29 is 38.3 Å². The molecule has 4 amide bonds. The SMILES string of the molecule is CC[C@H](C)[C@@H]([C@@H](CC(=O)C1CC[C@@H]([C@H](OC)[C@@H](C)C(=O)N[C@@H](Cc2ccccc2)C(=O)N2Cc3ccccc3CO2)N1)OC)N(C)C(=O)[C@@H](NC(=O)[C@@H](NC)C(C)C)C(C)C. The molecule has 61 heavy (non-hydrogen) atoms. The van der Waals surface area contributed by atoms with Gasteiger partial charge in [0.05, 0.1) is 42.8 Å². The summed E-state index contributed by atoms with van der Waals surface area (Å²) < 4.78 is 12.0. The number of fused-ring (bicyclic) bond motifs is 1. The van der Waals surface area contributed by atoms with Gasteiger partial charge >= 0.3 is 0 Å². The fraction of sp³-hybridized carbons (Fsp3) is 0.638. The predicted octanol–water partition coefficient (Wildman–Crippen LogP) is 4.19. The van der Waals surface area contributed by atoms with Crippen molar-refractivity contribution in [1.29, 1.82) is 0 Å². The summed E-state index contributed by atoms with van der Waals surface area (Å²) in [4.78, 5) is 77.1. The lowest BCUT2D eigenvalue weighted by Crippen LogP contribution is -2.59. The number of hydrogen-bond acceptors (Lipinski definition) is 10. The van der Waals surface area contributed by atoms with Crippen LogP contribution in [0, 0.1) is 23.7 Å². The molecule has 4 rings (SSSR count). The molecule has 338 valence electrons. The Morgan fingerprint density at radius 1 is 0.852 bits per heavy atom. The molecule has 2 heterocycles. The van der Waals surface area contributed by atoms with Gasteiger partial charge in [0.15, 0.2) is 5.78 Å². The largest absolute Gasteiger partial charge is 0.379 e. The van der Waals surface area contributed by atoms with Crippen molar-refractivity contribution in [3.63, 3.8) is 0 Å². The lowest BCUT2D eigenvalue weighted by molar-refractivity contribution is -0.203. The summed E-state index contributed by atoms with van der Waals surface area (Å²) in [5.41, 5.74) is 2.91. The third-order valence-electron chi connectivity index (χ3n) is 12.7. The van der Waals surface area contributed by atoms with Gasteiger partial charge in [0.1, 0.15) is 18.7 Å². The van der Waals surface area contributed by atoms with E-state index in [9.17, 15) is 24.0 Å². The van der Waals surface area contributed by atoms with Crippen molar-refractivity contribution in [3.05, 3.63) is 71.3 Å². The lowest BCUT2D eigenvalue weighted by Gasteiger charge is -2.40. The Morgan fingerprint density at radius 2 is 1.49 bits per heavy atom. The molecule has 0 bridgehead atoms. The van der Waals surface area contributed by atoms with Crippen LogP contribution < -0.4 is 21.3 Å². The molecule has 2 aromatic carbocycles. The number of nitrogens with zero attached hydrogens (tertiary/aromatic N) is 2. The van der Waals surface area contributed by atoms with E-state index in [4.69, 9.17) is 14.3 Å². The van der Waals surface area contributed by atoms with Crippen LogP contribution in [0.4, 0.5) is 0 Å². The van der Waals surface area contributed by atoms with Crippen molar-refractivity contribution in [1.82, 2.24) is 31.2 Å². The molecule has 0 aliphatic carbocycles. The number of ketones is 1. The minimum atomic E-state index is -0.891. The van der Waals surface area contributed by atoms with Gasteiger partial charge in [-0.2, -0.15) is 0 Å². The second kappa shape index (κ2) is 23.3. The van der Waals surface area contributed by atoms with E-state index in [0.717, 1.165) is 23.1 Å². The Hall–Kier alpha value is -4.21. The number of ether oxygens (including phenoxy) is 2. The molecule has 14 nitrogen and oxygen atoms in total. The van der Waals surface area contributed by atoms with Crippen LogP contribution in [0.5, 0.6) is 0 Å². The molecule has 0 saturated carbocycles. The maximum atomic E-state index is 14.2. The maximum Gasteiger partial charge on any atom is 0.269 e. The van der Waals surface area contributed by atoms with Crippen LogP contribution in [0.25, 0.3) is 0 Å². The molecule has 2 aromatic rings. The summed E-state index contributed by atoms with van der Waals surface area (Å²) in [7, 11) is 6.57. The predicted molar refractivity (Wildman–Crippen MR) is 235 cm³/mol. The number of hydroxylamine groups is 2. The second-order valence-electron chi connectivity index (χ2n) is 17.6. The van der Waals surface area contributed by atoms with Crippen molar-refractivity contribution in [2.24, 2.45) is 23.7 Å². The van der Waals surface area contributed by atoms with Gasteiger partial charge in [-0.25, -0.2) is 5.06 Å². The van der Waals surface area contributed by atoms with E-state index in [1.807, 2.05) is 96.1 Å². The summed E-state index contributed by atoms with van der Waals surface area (Å²) in [6.45, 7) is 14.1. The number of methoxy groups -OCH3 is 2. The van der Waals surface area contributed by atoms with Gasteiger partial charge in [-0.3, -0.25) is 28.8 Å². The summed E-state index contributed by atoms with van der Waals surface area (Å²) in [6, 6.07) is 14.0. The topological polar surface area (TPSA) is 168 Å². The first kappa shape index (κ1) is 49.4. The number of likely N-dealkylation sites (N-methyl/N-ethyl adjacent to an activating group) is 2. The average molecular weight is 849 g/mol. The van der Waals surface area contributed by atoms with Gasteiger partial charge in [-0.1, -0.05) is 109 Å². The van der Waals surface area contributed by atoms with E-state index in [1.165, 1.54) is 5.06 Å². The minimum absolute atomic E-state index is 0.0210. The van der Waals surface area contributed by atoms with Gasteiger partial charge in [0, 0.05) is 40.2 Å².